The third-order valence-corrected chi connectivity index (χ3v) is 2.95. The lowest BCUT2D eigenvalue weighted by molar-refractivity contribution is -0.142. The quantitative estimate of drug-likeness (QED) is 0.715. The van der Waals surface area contributed by atoms with Crippen LogP contribution in [0.1, 0.15) is 38.2 Å². The highest BCUT2D eigenvalue weighted by Gasteiger charge is 2.34. The van der Waals surface area contributed by atoms with Gasteiger partial charge in [0.25, 0.3) is 5.91 Å². The van der Waals surface area contributed by atoms with Crippen molar-refractivity contribution in [1.82, 2.24) is 20.6 Å². The fourth-order valence-electron chi connectivity index (χ4n) is 1.66. The molecule has 2 atom stereocenters. The number of aromatic nitrogens is 2. The van der Waals surface area contributed by atoms with Gasteiger partial charge in [-0.05, 0) is 18.4 Å². The molecule has 2 unspecified atom stereocenters. The minimum Gasteiger partial charge on any atom is -0.480 e. The van der Waals surface area contributed by atoms with Gasteiger partial charge in [-0.15, -0.1) is 0 Å². The Labute approximate surface area is 128 Å². The second-order valence-electron chi connectivity index (χ2n) is 5.94. The molecule has 0 bridgehead atoms. The smallest absolute Gasteiger partial charge is 0.325 e. The van der Waals surface area contributed by atoms with E-state index in [2.05, 4.69) is 20.6 Å². The molecule has 8 heteroatoms. The molecule has 22 heavy (non-hydrogen) atoms. The van der Waals surface area contributed by atoms with Crippen molar-refractivity contribution in [2.45, 2.75) is 39.8 Å². The van der Waals surface area contributed by atoms with Crippen LogP contribution in [0, 0.1) is 5.41 Å². The van der Waals surface area contributed by atoms with E-state index in [1.165, 1.54) is 25.5 Å². The molecule has 0 aliphatic rings. The van der Waals surface area contributed by atoms with Crippen LogP contribution >= 0.6 is 0 Å². The van der Waals surface area contributed by atoms with Crippen molar-refractivity contribution in [3.63, 3.8) is 0 Å². The van der Waals surface area contributed by atoms with Crippen molar-refractivity contribution in [1.29, 1.82) is 0 Å². The highest BCUT2D eigenvalue weighted by molar-refractivity contribution is 5.97. The molecule has 3 N–H and O–H groups in total. The van der Waals surface area contributed by atoms with Crippen LogP contribution in [0.2, 0.25) is 0 Å². The van der Waals surface area contributed by atoms with Crippen LogP contribution in [0.4, 0.5) is 0 Å². The number of aliphatic carboxylic acids is 1. The maximum atomic E-state index is 12.2. The number of rotatable bonds is 5. The number of carboxylic acids is 1. The third-order valence-electron chi connectivity index (χ3n) is 2.95. The number of nitrogens with one attached hydrogen (secondary N) is 2. The van der Waals surface area contributed by atoms with Gasteiger partial charge in [0.2, 0.25) is 5.91 Å². The first-order valence-corrected chi connectivity index (χ1v) is 6.73. The van der Waals surface area contributed by atoms with Gasteiger partial charge in [-0.1, -0.05) is 20.8 Å². The highest BCUT2D eigenvalue weighted by atomic mass is 16.4. The van der Waals surface area contributed by atoms with Crippen LogP contribution in [0.15, 0.2) is 18.6 Å². The average molecular weight is 308 g/mol. The van der Waals surface area contributed by atoms with Gasteiger partial charge in [-0.2, -0.15) is 0 Å². The summed E-state index contributed by atoms with van der Waals surface area (Å²) >= 11 is 0. The Morgan fingerprint density at radius 3 is 2.32 bits per heavy atom. The molecule has 1 aromatic rings. The van der Waals surface area contributed by atoms with Gasteiger partial charge >= 0.3 is 5.97 Å². The van der Waals surface area contributed by atoms with Crippen LogP contribution in [0.3, 0.4) is 0 Å². The second kappa shape index (κ2) is 6.97. The summed E-state index contributed by atoms with van der Waals surface area (Å²) in [6.45, 7) is 6.65. The van der Waals surface area contributed by atoms with E-state index >= 15 is 0 Å². The maximum Gasteiger partial charge on any atom is 0.325 e. The lowest BCUT2D eigenvalue weighted by atomic mass is 9.86. The molecule has 0 spiro atoms. The SMILES string of the molecule is CC(NC(=O)C(NC(=O)c1ccncn1)C(C)(C)C)C(=O)O. The fourth-order valence-corrected chi connectivity index (χ4v) is 1.66. The third kappa shape index (κ3) is 4.80. The summed E-state index contributed by atoms with van der Waals surface area (Å²) in [5.41, 5.74) is -0.478. The zero-order valence-electron chi connectivity index (χ0n) is 13.0. The Kier molecular flexibility index (Phi) is 5.56. The number of amides is 2. The minimum absolute atomic E-state index is 0.128. The predicted molar refractivity (Wildman–Crippen MR) is 78.0 cm³/mol. The Balaban J connectivity index is 2.88. The molecule has 8 nitrogen and oxygen atoms in total. The first-order valence-electron chi connectivity index (χ1n) is 6.73. The molecular formula is C14H20N4O4. The van der Waals surface area contributed by atoms with Crippen LogP contribution < -0.4 is 10.6 Å². The van der Waals surface area contributed by atoms with Gasteiger partial charge in [0, 0.05) is 6.20 Å². The van der Waals surface area contributed by atoms with E-state index in [-0.39, 0.29) is 5.69 Å². The zero-order valence-corrected chi connectivity index (χ0v) is 13.0. The van der Waals surface area contributed by atoms with E-state index in [9.17, 15) is 14.4 Å². The van der Waals surface area contributed by atoms with Crippen molar-refractivity contribution < 1.29 is 19.5 Å². The molecule has 1 aromatic heterocycles. The molecule has 2 amide bonds. The molecular weight excluding hydrogens is 288 g/mol. The Hall–Kier alpha value is -2.51. The summed E-state index contributed by atoms with van der Waals surface area (Å²) in [4.78, 5) is 42.7. The molecule has 1 rings (SSSR count). The molecule has 0 saturated carbocycles. The van der Waals surface area contributed by atoms with Gasteiger partial charge in [-0.3, -0.25) is 14.4 Å². The van der Waals surface area contributed by atoms with Crippen molar-refractivity contribution in [2.75, 3.05) is 0 Å². The van der Waals surface area contributed by atoms with Crippen molar-refractivity contribution >= 4 is 17.8 Å². The molecule has 0 aliphatic carbocycles. The van der Waals surface area contributed by atoms with Gasteiger partial charge in [0.05, 0.1) is 0 Å². The molecule has 0 fully saturated rings. The standard InChI is InChI=1S/C14H20N4O4/c1-8(13(21)22)17-12(20)10(14(2,3)4)18-11(19)9-5-6-15-7-16-9/h5-8,10H,1-4H3,(H,17,20)(H,18,19)(H,21,22). The molecule has 1 heterocycles. The van der Waals surface area contributed by atoms with Gasteiger partial charge < -0.3 is 15.7 Å². The van der Waals surface area contributed by atoms with Gasteiger partial charge in [-0.25, -0.2) is 9.97 Å². The number of hydrogen-bond donors (Lipinski definition) is 3. The minimum atomic E-state index is -1.15. The van der Waals surface area contributed by atoms with Crippen LogP contribution in [0.5, 0.6) is 0 Å². The summed E-state index contributed by atoms with van der Waals surface area (Å²) in [5, 5.41) is 13.8. The molecule has 0 aromatic carbocycles. The van der Waals surface area contributed by atoms with E-state index in [0.717, 1.165) is 0 Å². The lowest BCUT2D eigenvalue weighted by Crippen LogP contribution is -2.56. The van der Waals surface area contributed by atoms with Gasteiger partial charge in [0.1, 0.15) is 24.1 Å². The topological polar surface area (TPSA) is 121 Å². The summed E-state index contributed by atoms with van der Waals surface area (Å²) in [6, 6.07) is -0.530. The Bertz CT molecular complexity index is 554. The largest absolute Gasteiger partial charge is 0.480 e. The monoisotopic (exact) mass is 308 g/mol. The predicted octanol–water partition coefficient (Wildman–Crippen LogP) is 0.210. The number of carbonyl (C=O) groups is 3. The van der Waals surface area contributed by atoms with E-state index in [4.69, 9.17) is 5.11 Å². The Morgan fingerprint density at radius 1 is 1.23 bits per heavy atom. The Morgan fingerprint density at radius 2 is 1.86 bits per heavy atom. The first kappa shape index (κ1) is 17.5. The van der Waals surface area contributed by atoms with Gasteiger partial charge in [0.15, 0.2) is 0 Å². The van der Waals surface area contributed by atoms with Crippen LogP contribution in [-0.4, -0.2) is 44.9 Å². The van der Waals surface area contributed by atoms with E-state index in [1.807, 2.05) is 0 Å². The highest BCUT2D eigenvalue weighted by Crippen LogP contribution is 2.20. The average Bonchev–Trinajstić information content (AvgIpc) is 2.43. The van der Waals surface area contributed by atoms with Crippen molar-refractivity contribution in [2.24, 2.45) is 5.41 Å². The number of carbonyl (C=O) groups excluding carboxylic acids is 2. The normalized spacial score (nSPS) is 13.8. The van der Waals surface area contributed by atoms with Crippen molar-refractivity contribution in [3.8, 4) is 0 Å². The number of carboxylic acid groups (broad SMARTS) is 1. The van der Waals surface area contributed by atoms with E-state index in [0.29, 0.717) is 0 Å². The maximum absolute atomic E-state index is 12.2. The molecule has 0 radical (unpaired) electrons. The van der Waals surface area contributed by atoms with Crippen molar-refractivity contribution in [3.05, 3.63) is 24.3 Å². The van der Waals surface area contributed by atoms with E-state index in [1.54, 1.807) is 20.8 Å². The second-order valence-corrected chi connectivity index (χ2v) is 5.94. The molecule has 0 aliphatic heterocycles. The number of nitrogens with zero attached hydrogens (tertiary/aromatic N) is 2. The lowest BCUT2D eigenvalue weighted by Gasteiger charge is -2.30. The summed E-state index contributed by atoms with van der Waals surface area (Å²) < 4.78 is 0. The van der Waals surface area contributed by atoms with Crippen LogP contribution in [-0.2, 0) is 9.59 Å². The number of hydrogen-bond acceptors (Lipinski definition) is 5. The van der Waals surface area contributed by atoms with Crippen LogP contribution in [0.25, 0.3) is 0 Å². The van der Waals surface area contributed by atoms with E-state index < -0.39 is 35.3 Å². The molecule has 120 valence electrons. The fraction of sp³-hybridized carbons (Fsp3) is 0.500. The first-order chi connectivity index (χ1) is 10.1. The summed E-state index contributed by atoms with van der Waals surface area (Å²) in [5.74, 6) is -2.24. The zero-order chi connectivity index (χ0) is 16.9. The summed E-state index contributed by atoms with van der Waals surface area (Å²) in [7, 11) is 0. The molecule has 0 saturated heterocycles. The summed E-state index contributed by atoms with van der Waals surface area (Å²) in [6.07, 6.45) is 2.65.